The van der Waals surface area contributed by atoms with Gasteiger partial charge in [-0.3, -0.25) is 4.90 Å². The zero-order valence-corrected chi connectivity index (χ0v) is 17.9. The molecule has 0 bridgehead atoms. The van der Waals surface area contributed by atoms with E-state index in [-0.39, 0.29) is 5.78 Å². The molecule has 0 radical (unpaired) electrons. The minimum atomic E-state index is -2.02. The van der Waals surface area contributed by atoms with Crippen LogP contribution in [0, 0.1) is 0 Å². The maximum atomic E-state index is 2.40. The Kier molecular flexibility index (Phi) is 5.90. The summed E-state index contributed by atoms with van der Waals surface area (Å²) >= 11 is 0. The van der Waals surface area contributed by atoms with Crippen LogP contribution in [-0.4, -0.2) is 19.0 Å². The Balaban J connectivity index is 2.13. The van der Waals surface area contributed by atoms with E-state index in [1.54, 1.807) is 0 Å². The van der Waals surface area contributed by atoms with Gasteiger partial charge in [0, 0.05) is 5.56 Å². The number of nitrogens with zero attached hydrogens (tertiary/aromatic N) is 1. The highest BCUT2D eigenvalue weighted by Crippen LogP contribution is 2.67. The summed E-state index contributed by atoms with van der Waals surface area (Å²) in [5.41, 5.74) is 1.35. The Morgan fingerprint density at radius 1 is 0.483 bits per heavy atom. The van der Waals surface area contributed by atoms with Crippen LogP contribution in [0.4, 0.5) is 0 Å². The standard InChI is InChI=1S/C27H27NP/c1-28(2)27(23-15-7-3-8-16-23)29(24-17-9-4-10-18-24,25-19-11-5-12-20-25)26-21-13-6-14-22-26/h3-22,27H,1-2H3/q+1. The van der Waals surface area contributed by atoms with Crippen LogP contribution in [-0.2, 0) is 0 Å². The summed E-state index contributed by atoms with van der Waals surface area (Å²) in [5, 5.41) is 4.21. The van der Waals surface area contributed by atoms with E-state index in [1.165, 1.54) is 21.5 Å². The predicted molar refractivity (Wildman–Crippen MR) is 128 cm³/mol. The SMILES string of the molecule is CN(C)C(c1ccccc1)[P+](c1ccccc1)(c1ccccc1)c1ccccc1. The molecule has 0 aromatic heterocycles. The van der Waals surface area contributed by atoms with E-state index < -0.39 is 7.26 Å². The van der Waals surface area contributed by atoms with Gasteiger partial charge in [-0.2, -0.15) is 0 Å². The highest BCUT2D eigenvalue weighted by Gasteiger charge is 2.54. The zero-order valence-electron chi connectivity index (χ0n) is 17.0. The lowest BCUT2D eigenvalue weighted by atomic mass is 10.2. The van der Waals surface area contributed by atoms with E-state index in [4.69, 9.17) is 0 Å². The smallest absolute Gasteiger partial charge is 0.161 e. The first-order chi connectivity index (χ1) is 14.2. The molecular weight excluding hydrogens is 369 g/mol. The van der Waals surface area contributed by atoms with Gasteiger partial charge >= 0.3 is 0 Å². The number of hydrogen-bond acceptors (Lipinski definition) is 1. The van der Waals surface area contributed by atoms with Gasteiger partial charge < -0.3 is 0 Å². The molecule has 1 atom stereocenters. The molecule has 2 heteroatoms. The summed E-state index contributed by atoms with van der Waals surface area (Å²) in [6.07, 6.45) is 0. The third-order valence-electron chi connectivity index (χ3n) is 5.44. The molecule has 0 aliphatic heterocycles. The molecular formula is C27H27NP+. The average molecular weight is 396 g/mol. The molecule has 1 nitrogen and oxygen atoms in total. The molecule has 29 heavy (non-hydrogen) atoms. The topological polar surface area (TPSA) is 3.24 Å². The highest BCUT2D eigenvalue weighted by atomic mass is 31.2. The first-order valence-electron chi connectivity index (χ1n) is 10.0. The van der Waals surface area contributed by atoms with Crippen molar-refractivity contribution in [2.75, 3.05) is 14.1 Å². The Bertz CT molecular complexity index is 918. The summed E-state index contributed by atoms with van der Waals surface area (Å²) in [6.45, 7) is 0. The lowest BCUT2D eigenvalue weighted by Gasteiger charge is -2.38. The minimum Gasteiger partial charge on any atom is -0.270 e. The fourth-order valence-corrected chi connectivity index (χ4v) is 9.33. The van der Waals surface area contributed by atoms with Crippen molar-refractivity contribution in [3.8, 4) is 0 Å². The van der Waals surface area contributed by atoms with Gasteiger partial charge in [-0.15, -0.1) is 0 Å². The van der Waals surface area contributed by atoms with Crippen LogP contribution < -0.4 is 15.9 Å². The molecule has 0 saturated heterocycles. The first kappa shape index (κ1) is 19.6. The van der Waals surface area contributed by atoms with Crippen molar-refractivity contribution in [2.45, 2.75) is 5.78 Å². The number of rotatable bonds is 6. The molecule has 4 aromatic rings. The average Bonchev–Trinajstić information content (AvgIpc) is 2.79. The molecule has 0 saturated carbocycles. The summed E-state index contributed by atoms with van der Waals surface area (Å²) in [6, 6.07) is 44.2. The van der Waals surface area contributed by atoms with E-state index in [1.807, 2.05) is 0 Å². The summed E-state index contributed by atoms with van der Waals surface area (Å²) in [7, 11) is 2.40. The molecule has 0 N–H and O–H groups in total. The van der Waals surface area contributed by atoms with Crippen molar-refractivity contribution in [3.63, 3.8) is 0 Å². The molecule has 1 unspecified atom stereocenters. The molecule has 0 spiro atoms. The predicted octanol–water partition coefficient (Wildman–Crippen LogP) is 5.24. The number of benzene rings is 4. The van der Waals surface area contributed by atoms with Gasteiger partial charge in [-0.05, 0) is 50.5 Å². The summed E-state index contributed by atoms with van der Waals surface area (Å²) < 4.78 is 0. The van der Waals surface area contributed by atoms with E-state index in [0.717, 1.165) is 0 Å². The van der Waals surface area contributed by atoms with Crippen molar-refractivity contribution >= 4 is 23.2 Å². The van der Waals surface area contributed by atoms with Gasteiger partial charge in [0.2, 0.25) is 0 Å². The second kappa shape index (κ2) is 8.74. The third kappa shape index (κ3) is 3.65. The van der Waals surface area contributed by atoms with E-state index in [9.17, 15) is 0 Å². The van der Waals surface area contributed by atoms with Crippen molar-refractivity contribution in [1.82, 2.24) is 4.90 Å². The molecule has 144 valence electrons. The monoisotopic (exact) mass is 396 g/mol. The van der Waals surface area contributed by atoms with Crippen LogP contribution >= 0.6 is 7.26 Å². The maximum absolute atomic E-state index is 2.40. The van der Waals surface area contributed by atoms with Gasteiger partial charge in [-0.25, -0.2) is 0 Å². The molecule has 4 aromatic carbocycles. The van der Waals surface area contributed by atoms with Crippen LogP contribution in [0.5, 0.6) is 0 Å². The van der Waals surface area contributed by atoms with E-state index >= 15 is 0 Å². The molecule has 0 heterocycles. The van der Waals surface area contributed by atoms with Crippen molar-refractivity contribution < 1.29 is 0 Å². The summed E-state index contributed by atoms with van der Waals surface area (Å²) in [4.78, 5) is 2.40. The van der Waals surface area contributed by atoms with Gasteiger partial charge in [0.1, 0.15) is 23.2 Å². The lowest BCUT2D eigenvalue weighted by Crippen LogP contribution is -2.40. The molecule has 0 aliphatic carbocycles. The van der Waals surface area contributed by atoms with Crippen molar-refractivity contribution in [1.29, 1.82) is 0 Å². The Morgan fingerprint density at radius 2 is 0.793 bits per heavy atom. The van der Waals surface area contributed by atoms with E-state index in [2.05, 4.69) is 140 Å². The molecule has 0 amide bonds. The van der Waals surface area contributed by atoms with Crippen LogP contribution in [0.25, 0.3) is 0 Å². The Labute approximate surface area is 175 Å². The lowest BCUT2D eigenvalue weighted by molar-refractivity contribution is 0.385. The summed E-state index contributed by atoms with van der Waals surface area (Å²) in [5.74, 6) is 0.232. The van der Waals surface area contributed by atoms with Crippen LogP contribution in [0.3, 0.4) is 0 Å². The van der Waals surface area contributed by atoms with Crippen LogP contribution in [0.15, 0.2) is 121 Å². The van der Waals surface area contributed by atoms with Crippen molar-refractivity contribution in [2.24, 2.45) is 0 Å². The number of hydrogen-bond donors (Lipinski definition) is 0. The zero-order chi connectivity index (χ0) is 20.1. The molecule has 0 fully saturated rings. The van der Waals surface area contributed by atoms with E-state index in [0.29, 0.717) is 0 Å². The Morgan fingerprint density at radius 3 is 1.10 bits per heavy atom. The van der Waals surface area contributed by atoms with Gasteiger partial charge in [0.05, 0.1) is 0 Å². The second-order valence-corrected chi connectivity index (χ2v) is 11.0. The third-order valence-corrected chi connectivity index (χ3v) is 10.3. The fraction of sp³-hybridized carbons (Fsp3) is 0.111. The highest BCUT2D eigenvalue weighted by molar-refractivity contribution is 7.95. The minimum absolute atomic E-state index is 0.232. The van der Waals surface area contributed by atoms with Gasteiger partial charge in [0.25, 0.3) is 0 Å². The molecule has 4 rings (SSSR count). The van der Waals surface area contributed by atoms with Gasteiger partial charge in [-0.1, -0.05) is 84.9 Å². The first-order valence-corrected chi connectivity index (χ1v) is 11.9. The van der Waals surface area contributed by atoms with Crippen LogP contribution in [0.1, 0.15) is 11.3 Å². The second-order valence-electron chi connectivity index (χ2n) is 7.48. The quantitative estimate of drug-likeness (QED) is 0.403. The van der Waals surface area contributed by atoms with Crippen LogP contribution in [0.2, 0.25) is 0 Å². The Hall–Kier alpha value is -2.73. The molecule has 0 aliphatic rings. The maximum Gasteiger partial charge on any atom is 0.161 e. The van der Waals surface area contributed by atoms with Gasteiger partial charge in [0.15, 0.2) is 5.78 Å². The normalized spacial score (nSPS) is 12.7. The van der Waals surface area contributed by atoms with Crippen molar-refractivity contribution in [3.05, 3.63) is 127 Å². The largest absolute Gasteiger partial charge is 0.270 e. The fourth-order valence-electron chi connectivity index (χ4n) is 4.35.